The zero-order valence-corrected chi connectivity index (χ0v) is 9.43. The molecular weight excluding hydrogens is 250 g/mol. The van der Waals surface area contributed by atoms with Crippen molar-refractivity contribution in [2.75, 3.05) is 6.61 Å². The number of alkyl halides is 2. The van der Waals surface area contributed by atoms with E-state index in [0.29, 0.717) is 6.20 Å². The summed E-state index contributed by atoms with van der Waals surface area (Å²) in [6, 6.07) is 0.860. The molecule has 0 saturated heterocycles. The van der Waals surface area contributed by atoms with Gasteiger partial charge in [0.15, 0.2) is 0 Å². The first-order valence-electron chi connectivity index (χ1n) is 5.02. The molecular formula is C10H10F2N2O4. The third-order valence-electron chi connectivity index (χ3n) is 2.03. The van der Waals surface area contributed by atoms with Gasteiger partial charge in [0.25, 0.3) is 12.1 Å². The van der Waals surface area contributed by atoms with Gasteiger partial charge in [-0.3, -0.25) is 19.9 Å². The fourth-order valence-corrected chi connectivity index (χ4v) is 1.28. The molecule has 0 spiro atoms. The average molecular weight is 260 g/mol. The van der Waals surface area contributed by atoms with Crippen molar-refractivity contribution < 1.29 is 23.2 Å². The van der Waals surface area contributed by atoms with Crippen molar-refractivity contribution in [3.63, 3.8) is 0 Å². The number of nitro groups is 1. The first-order valence-corrected chi connectivity index (χ1v) is 5.02. The molecule has 0 radical (unpaired) electrons. The lowest BCUT2D eigenvalue weighted by Crippen LogP contribution is -2.09. The molecule has 0 atom stereocenters. The van der Waals surface area contributed by atoms with Gasteiger partial charge < -0.3 is 4.74 Å². The summed E-state index contributed by atoms with van der Waals surface area (Å²) >= 11 is 0. The number of esters is 1. The second-order valence-electron chi connectivity index (χ2n) is 3.27. The lowest BCUT2D eigenvalue weighted by atomic mass is 10.2. The Morgan fingerprint density at radius 1 is 1.61 bits per heavy atom. The van der Waals surface area contributed by atoms with E-state index in [0.717, 1.165) is 6.07 Å². The van der Waals surface area contributed by atoms with Gasteiger partial charge in [-0.2, -0.15) is 0 Å². The largest absolute Gasteiger partial charge is 0.466 e. The van der Waals surface area contributed by atoms with Gasteiger partial charge in [-0.1, -0.05) is 0 Å². The van der Waals surface area contributed by atoms with Crippen molar-refractivity contribution in [1.82, 2.24) is 4.98 Å². The van der Waals surface area contributed by atoms with Gasteiger partial charge in [-0.15, -0.1) is 0 Å². The fourth-order valence-electron chi connectivity index (χ4n) is 1.28. The lowest BCUT2D eigenvalue weighted by molar-refractivity contribution is -0.386. The van der Waals surface area contributed by atoms with E-state index < -0.39 is 28.6 Å². The van der Waals surface area contributed by atoms with Gasteiger partial charge in [-0.05, 0) is 6.92 Å². The number of hydrogen-bond donors (Lipinski definition) is 0. The molecule has 0 unspecified atom stereocenters. The number of rotatable bonds is 5. The van der Waals surface area contributed by atoms with E-state index in [4.69, 9.17) is 0 Å². The fraction of sp³-hybridized carbons (Fsp3) is 0.400. The van der Waals surface area contributed by atoms with Crippen molar-refractivity contribution in [1.29, 1.82) is 0 Å². The summed E-state index contributed by atoms with van der Waals surface area (Å²) in [5.74, 6) is -0.621. The summed E-state index contributed by atoms with van der Waals surface area (Å²) in [6.45, 7) is 1.77. The number of ether oxygens (including phenoxy) is 1. The topological polar surface area (TPSA) is 82.3 Å². The molecule has 1 heterocycles. The predicted octanol–water partition coefficient (Wildman–Crippen LogP) is 2.03. The van der Waals surface area contributed by atoms with Crippen molar-refractivity contribution in [3.05, 3.63) is 33.6 Å². The first kappa shape index (κ1) is 13.9. The highest BCUT2D eigenvalue weighted by Crippen LogP contribution is 2.28. The number of nitrogens with zero attached hydrogens (tertiary/aromatic N) is 2. The van der Waals surface area contributed by atoms with E-state index in [1.807, 2.05) is 0 Å². The molecule has 1 aromatic heterocycles. The second kappa shape index (κ2) is 5.99. The van der Waals surface area contributed by atoms with Crippen LogP contribution in [0.5, 0.6) is 0 Å². The molecule has 0 aliphatic heterocycles. The maximum absolute atomic E-state index is 12.5. The van der Waals surface area contributed by atoms with Gasteiger partial charge in [-0.25, -0.2) is 8.78 Å². The quantitative estimate of drug-likeness (QED) is 0.459. The van der Waals surface area contributed by atoms with Crippen LogP contribution in [0.3, 0.4) is 0 Å². The Kier molecular flexibility index (Phi) is 4.64. The van der Waals surface area contributed by atoms with Crippen LogP contribution in [0.15, 0.2) is 12.3 Å². The molecule has 98 valence electrons. The van der Waals surface area contributed by atoms with E-state index in [-0.39, 0.29) is 18.7 Å². The molecule has 1 rings (SSSR count). The average Bonchev–Trinajstić information content (AvgIpc) is 2.28. The maximum Gasteiger partial charge on any atom is 0.311 e. The maximum atomic E-state index is 12.5. The van der Waals surface area contributed by atoms with Crippen molar-refractivity contribution in [3.8, 4) is 0 Å². The Morgan fingerprint density at radius 3 is 2.78 bits per heavy atom. The van der Waals surface area contributed by atoms with Gasteiger partial charge in [0.1, 0.15) is 5.56 Å². The Labute approximate surface area is 101 Å². The van der Waals surface area contributed by atoms with E-state index in [1.54, 1.807) is 6.92 Å². The Hall–Kier alpha value is -2.12. The number of pyridine rings is 1. The number of carbonyl (C=O) groups is 1. The van der Waals surface area contributed by atoms with Crippen LogP contribution in [0.25, 0.3) is 0 Å². The summed E-state index contributed by atoms with van der Waals surface area (Å²) in [4.78, 5) is 24.4. The van der Waals surface area contributed by atoms with Crippen LogP contribution in [0.4, 0.5) is 14.5 Å². The molecule has 0 aliphatic rings. The van der Waals surface area contributed by atoms with Gasteiger partial charge in [0.2, 0.25) is 0 Å². The molecule has 0 bridgehead atoms. The standard InChI is InChI=1S/C10H10F2N2O4/c1-2-18-9(15)4-6-3-8(14(16)17)7(5-13-6)10(11)12/h3,5,10H,2,4H2,1H3. The lowest BCUT2D eigenvalue weighted by Gasteiger charge is -2.04. The minimum atomic E-state index is -2.99. The predicted molar refractivity (Wildman–Crippen MR) is 56.2 cm³/mol. The smallest absolute Gasteiger partial charge is 0.311 e. The zero-order valence-electron chi connectivity index (χ0n) is 9.43. The normalized spacial score (nSPS) is 10.4. The molecule has 0 N–H and O–H groups in total. The third-order valence-corrected chi connectivity index (χ3v) is 2.03. The van der Waals surface area contributed by atoms with Crippen LogP contribution in [0, 0.1) is 10.1 Å². The van der Waals surface area contributed by atoms with E-state index in [9.17, 15) is 23.7 Å². The summed E-state index contributed by atoms with van der Waals surface area (Å²) in [5, 5.41) is 10.6. The van der Waals surface area contributed by atoms with E-state index in [1.165, 1.54) is 0 Å². The zero-order chi connectivity index (χ0) is 13.7. The monoisotopic (exact) mass is 260 g/mol. The highest BCUT2D eigenvalue weighted by Gasteiger charge is 2.23. The Balaban J connectivity index is 3.00. The number of hydrogen-bond acceptors (Lipinski definition) is 5. The molecule has 0 fully saturated rings. The molecule has 0 aromatic carbocycles. The van der Waals surface area contributed by atoms with Crippen LogP contribution in [-0.2, 0) is 16.0 Å². The number of aromatic nitrogens is 1. The van der Waals surface area contributed by atoms with Gasteiger partial charge in [0, 0.05) is 12.3 Å². The summed E-state index contributed by atoms with van der Waals surface area (Å²) in [5.41, 5.74) is -1.50. The van der Waals surface area contributed by atoms with Gasteiger partial charge in [0.05, 0.1) is 23.6 Å². The van der Waals surface area contributed by atoms with Crippen LogP contribution >= 0.6 is 0 Å². The second-order valence-corrected chi connectivity index (χ2v) is 3.27. The molecule has 0 aliphatic carbocycles. The minimum Gasteiger partial charge on any atom is -0.466 e. The molecule has 6 nitrogen and oxygen atoms in total. The molecule has 18 heavy (non-hydrogen) atoms. The van der Waals surface area contributed by atoms with E-state index in [2.05, 4.69) is 9.72 Å². The third kappa shape index (κ3) is 3.44. The molecule has 1 aromatic rings. The summed E-state index contributed by atoms with van der Waals surface area (Å²) < 4.78 is 29.6. The molecule has 0 amide bonds. The summed E-state index contributed by atoms with van der Waals surface area (Å²) in [7, 11) is 0. The van der Waals surface area contributed by atoms with Crippen LogP contribution in [-0.4, -0.2) is 22.5 Å². The van der Waals surface area contributed by atoms with Crippen LogP contribution in [0.1, 0.15) is 24.6 Å². The number of halogens is 2. The van der Waals surface area contributed by atoms with Crippen molar-refractivity contribution >= 4 is 11.7 Å². The summed E-state index contributed by atoms with van der Waals surface area (Å²) in [6.07, 6.45) is -2.58. The SMILES string of the molecule is CCOC(=O)Cc1cc([N+](=O)[O-])c(C(F)F)cn1. The highest BCUT2D eigenvalue weighted by molar-refractivity contribution is 5.72. The van der Waals surface area contributed by atoms with E-state index >= 15 is 0 Å². The molecule has 8 heteroatoms. The van der Waals surface area contributed by atoms with Crippen molar-refractivity contribution in [2.45, 2.75) is 19.8 Å². The minimum absolute atomic E-state index is 0.0181. The van der Waals surface area contributed by atoms with Gasteiger partial charge >= 0.3 is 5.97 Å². The Morgan fingerprint density at radius 2 is 2.28 bits per heavy atom. The highest BCUT2D eigenvalue weighted by atomic mass is 19.3. The van der Waals surface area contributed by atoms with Crippen LogP contribution < -0.4 is 0 Å². The van der Waals surface area contributed by atoms with Crippen molar-refractivity contribution in [2.24, 2.45) is 0 Å². The molecule has 0 saturated carbocycles. The number of carbonyl (C=O) groups excluding carboxylic acids is 1. The first-order chi connectivity index (χ1) is 8.45. The Bertz CT molecular complexity index is 465. The van der Waals surface area contributed by atoms with Crippen LogP contribution in [0.2, 0.25) is 0 Å².